The SMILES string of the molecule is CCOC(=O)c1c(C)[nH]c(C(=O)NNC(=O)c2cccc(S(=O)(=O)Nc3ccccc3OC)c2)c1C. The lowest BCUT2D eigenvalue weighted by atomic mass is 10.1. The minimum Gasteiger partial charge on any atom is -0.495 e. The molecule has 3 rings (SSSR count). The zero-order chi connectivity index (χ0) is 26.5. The lowest BCUT2D eigenvalue weighted by Crippen LogP contribution is -2.42. The van der Waals surface area contributed by atoms with E-state index in [9.17, 15) is 22.8 Å². The predicted molar refractivity (Wildman–Crippen MR) is 131 cm³/mol. The first kappa shape index (κ1) is 26.3. The number of hydrogen-bond acceptors (Lipinski definition) is 7. The number of amides is 2. The van der Waals surface area contributed by atoms with Crippen LogP contribution in [0.2, 0.25) is 0 Å². The third-order valence-electron chi connectivity index (χ3n) is 5.19. The highest BCUT2D eigenvalue weighted by molar-refractivity contribution is 7.92. The van der Waals surface area contributed by atoms with E-state index in [4.69, 9.17) is 9.47 Å². The van der Waals surface area contributed by atoms with Crippen LogP contribution in [0.3, 0.4) is 0 Å². The molecule has 0 fully saturated rings. The van der Waals surface area contributed by atoms with Crippen LogP contribution < -0.4 is 20.3 Å². The second-order valence-corrected chi connectivity index (χ2v) is 9.27. The standard InChI is InChI=1S/C24H26N4O7S/c1-5-35-24(31)20-14(2)21(25-15(20)3)23(30)27-26-22(29)16-9-8-10-17(13-16)36(32,33)28-18-11-6-7-12-19(18)34-4/h6-13,25,28H,5H2,1-4H3,(H,26,29)(H,27,30). The number of aromatic amines is 1. The maximum atomic E-state index is 12.9. The number of carbonyl (C=O) groups is 3. The van der Waals surface area contributed by atoms with E-state index >= 15 is 0 Å². The quantitative estimate of drug-likeness (QED) is 0.266. The zero-order valence-electron chi connectivity index (χ0n) is 20.1. The van der Waals surface area contributed by atoms with Crippen LogP contribution in [0.15, 0.2) is 53.4 Å². The van der Waals surface area contributed by atoms with Gasteiger partial charge in [-0.3, -0.25) is 25.2 Å². The van der Waals surface area contributed by atoms with E-state index in [1.54, 1.807) is 45.0 Å². The van der Waals surface area contributed by atoms with Gasteiger partial charge in [-0.25, -0.2) is 13.2 Å². The predicted octanol–water partition coefficient (Wildman–Crippen LogP) is 2.69. The van der Waals surface area contributed by atoms with E-state index in [-0.39, 0.29) is 34.0 Å². The van der Waals surface area contributed by atoms with Crippen LogP contribution >= 0.6 is 0 Å². The van der Waals surface area contributed by atoms with Crippen molar-refractivity contribution in [2.45, 2.75) is 25.7 Å². The van der Waals surface area contributed by atoms with Crippen LogP contribution in [0, 0.1) is 13.8 Å². The number of benzene rings is 2. The van der Waals surface area contributed by atoms with Gasteiger partial charge in [0.1, 0.15) is 11.4 Å². The van der Waals surface area contributed by atoms with Gasteiger partial charge in [-0.15, -0.1) is 0 Å². The molecule has 36 heavy (non-hydrogen) atoms. The summed E-state index contributed by atoms with van der Waals surface area (Å²) in [4.78, 5) is 40.0. The van der Waals surface area contributed by atoms with Crippen molar-refractivity contribution < 1.29 is 32.3 Å². The van der Waals surface area contributed by atoms with Gasteiger partial charge in [-0.1, -0.05) is 18.2 Å². The summed E-state index contributed by atoms with van der Waals surface area (Å²) in [7, 11) is -2.63. The molecule has 1 aromatic heterocycles. The number of ether oxygens (including phenoxy) is 2. The number of H-pyrrole nitrogens is 1. The van der Waals surface area contributed by atoms with Crippen molar-refractivity contribution in [3.63, 3.8) is 0 Å². The van der Waals surface area contributed by atoms with Crippen LogP contribution in [-0.2, 0) is 14.8 Å². The zero-order valence-corrected chi connectivity index (χ0v) is 20.9. The van der Waals surface area contributed by atoms with Crippen molar-refractivity contribution in [3.8, 4) is 5.75 Å². The number of sulfonamides is 1. The highest BCUT2D eigenvalue weighted by Gasteiger charge is 2.23. The third-order valence-corrected chi connectivity index (χ3v) is 6.55. The molecular weight excluding hydrogens is 488 g/mol. The van der Waals surface area contributed by atoms with Crippen LogP contribution in [0.1, 0.15) is 49.4 Å². The fourth-order valence-electron chi connectivity index (χ4n) is 3.47. The molecule has 3 aromatic rings. The molecule has 0 aliphatic carbocycles. The molecular formula is C24H26N4O7S. The number of hydrazine groups is 1. The van der Waals surface area contributed by atoms with Crippen LogP contribution in [-0.4, -0.2) is 44.9 Å². The Labute approximate surface area is 208 Å². The summed E-state index contributed by atoms with van der Waals surface area (Å²) in [6, 6.07) is 11.8. The van der Waals surface area contributed by atoms with Crippen molar-refractivity contribution >= 4 is 33.5 Å². The first-order valence-electron chi connectivity index (χ1n) is 10.8. The van der Waals surface area contributed by atoms with E-state index in [1.165, 1.54) is 31.4 Å². The van der Waals surface area contributed by atoms with Gasteiger partial charge < -0.3 is 14.5 Å². The lowest BCUT2D eigenvalue weighted by Gasteiger charge is -2.12. The van der Waals surface area contributed by atoms with Crippen molar-refractivity contribution in [1.82, 2.24) is 15.8 Å². The number of hydrogen-bond donors (Lipinski definition) is 4. The Kier molecular flexibility index (Phi) is 8.00. The highest BCUT2D eigenvalue weighted by atomic mass is 32.2. The second-order valence-electron chi connectivity index (χ2n) is 7.59. The molecule has 190 valence electrons. The van der Waals surface area contributed by atoms with Crippen LogP contribution in [0.25, 0.3) is 0 Å². The highest BCUT2D eigenvalue weighted by Crippen LogP contribution is 2.26. The molecule has 1 heterocycles. The molecule has 0 saturated heterocycles. The number of para-hydroxylation sites is 2. The van der Waals surface area contributed by atoms with Gasteiger partial charge in [0.2, 0.25) is 0 Å². The Morgan fingerprint density at radius 1 is 0.972 bits per heavy atom. The summed E-state index contributed by atoms with van der Waals surface area (Å²) >= 11 is 0. The van der Waals surface area contributed by atoms with Crippen molar-refractivity contribution in [2.75, 3.05) is 18.4 Å². The van der Waals surface area contributed by atoms with Crippen LogP contribution in [0.5, 0.6) is 5.75 Å². The molecule has 4 N–H and O–H groups in total. The summed E-state index contributed by atoms with van der Waals surface area (Å²) in [6.45, 7) is 5.06. The number of rotatable bonds is 8. The lowest BCUT2D eigenvalue weighted by molar-refractivity contribution is 0.0524. The van der Waals surface area contributed by atoms with E-state index in [1.807, 2.05) is 0 Å². The monoisotopic (exact) mass is 514 g/mol. The molecule has 0 unspecified atom stereocenters. The Balaban J connectivity index is 1.73. The summed E-state index contributed by atoms with van der Waals surface area (Å²) in [6.07, 6.45) is 0. The van der Waals surface area contributed by atoms with E-state index < -0.39 is 27.8 Å². The Morgan fingerprint density at radius 2 is 1.67 bits per heavy atom. The number of aryl methyl sites for hydroxylation is 1. The molecule has 2 aromatic carbocycles. The minimum atomic E-state index is -4.04. The first-order chi connectivity index (χ1) is 17.1. The second kappa shape index (κ2) is 11.0. The average Bonchev–Trinajstić information content (AvgIpc) is 3.16. The maximum absolute atomic E-state index is 12.9. The Bertz CT molecular complexity index is 1410. The number of esters is 1. The fourth-order valence-corrected chi connectivity index (χ4v) is 4.59. The van der Waals surface area contributed by atoms with Gasteiger partial charge in [-0.2, -0.15) is 0 Å². The number of anilines is 1. The summed E-state index contributed by atoms with van der Waals surface area (Å²) in [5.41, 5.74) is 5.87. The molecule has 0 atom stereocenters. The van der Waals surface area contributed by atoms with Gasteiger partial charge in [0.25, 0.3) is 21.8 Å². The molecule has 0 spiro atoms. The minimum absolute atomic E-state index is 0.00944. The molecule has 0 aliphatic rings. The maximum Gasteiger partial charge on any atom is 0.340 e. The van der Waals surface area contributed by atoms with Gasteiger partial charge in [-0.05, 0) is 56.7 Å². The van der Waals surface area contributed by atoms with Crippen LogP contribution in [0.4, 0.5) is 5.69 Å². The van der Waals surface area contributed by atoms with Gasteiger partial charge in [0.15, 0.2) is 0 Å². The summed E-state index contributed by atoms with van der Waals surface area (Å²) < 4.78 is 38.3. The molecule has 0 aliphatic heterocycles. The first-order valence-corrected chi connectivity index (χ1v) is 12.3. The van der Waals surface area contributed by atoms with E-state index in [0.717, 1.165) is 0 Å². The summed E-state index contributed by atoms with van der Waals surface area (Å²) in [5.74, 6) is -1.67. The van der Waals surface area contributed by atoms with Gasteiger partial charge in [0, 0.05) is 11.3 Å². The Hall–Kier alpha value is -4.32. The molecule has 11 nitrogen and oxygen atoms in total. The number of methoxy groups -OCH3 is 1. The molecule has 0 radical (unpaired) electrons. The fraction of sp³-hybridized carbons (Fsp3) is 0.208. The largest absolute Gasteiger partial charge is 0.495 e. The number of nitrogens with one attached hydrogen (secondary N) is 4. The molecule has 2 amide bonds. The summed E-state index contributed by atoms with van der Waals surface area (Å²) in [5, 5.41) is 0. The normalized spacial score (nSPS) is 10.9. The molecule has 12 heteroatoms. The average molecular weight is 515 g/mol. The van der Waals surface area contributed by atoms with Gasteiger partial charge in [0.05, 0.1) is 29.9 Å². The van der Waals surface area contributed by atoms with E-state index in [2.05, 4.69) is 20.6 Å². The van der Waals surface area contributed by atoms with E-state index in [0.29, 0.717) is 17.0 Å². The topological polar surface area (TPSA) is 156 Å². The third kappa shape index (κ3) is 5.66. The Morgan fingerprint density at radius 3 is 2.36 bits per heavy atom. The number of carbonyl (C=O) groups excluding carboxylic acids is 3. The van der Waals surface area contributed by atoms with Gasteiger partial charge >= 0.3 is 5.97 Å². The number of aromatic nitrogens is 1. The smallest absolute Gasteiger partial charge is 0.340 e. The molecule has 0 saturated carbocycles. The van der Waals surface area contributed by atoms with Crippen molar-refractivity contribution in [3.05, 3.63) is 76.6 Å². The van der Waals surface area contributed by atoms with Crippen molar-refractivity contribution in [1.29, 1.82) is 0 Å². The molecule has 0 bridgehead atoms. The van der Waals surface area contributed by atoms with Crippen molar-refractivity contribution in [2.24, 2.45) is 0 Å².